The van der Waals surface area contributed by atoms with E-state index in [9.17, 15) is 25.2 Å². The molecule has 0 heterocycles. The Kier molecular flexibility index (Phi) is 41.9. The van der Waals surface area contributed by atoms with E-state index >= 15 is 0 Å². The summed E-state index contributed by atoms with van der Waals surface area (Å²) in [5, 5.41) is 43.6. The van der Waals surface area contributed by atoms with E-state index in [0.29, 0.717) is 12.8 Å². The third-order valence-corrected chi connectivity index (χ3v) is 11.6. The number of hydrogen-bond donors (Lipinski definition) is 5. The zero-order valence-corrected chi connectivity index (χ0v) is 35.8. The Morgan fingerprint density at radius 2 is 0.642 bits per heavy atom. The maximum Gasteiger partial charge on any atom is 0.249 e. The van der Waals surface area contributed by atoms with Crippen LogP contribution in [0.4, 0.5) is 0 Å². The number of aliphatic hydroxyl groups is 4. The van der Waals surface area contributed by atoms with Crippen LogP contribution in [0.2, 0.25) is 0 Å². The summed E-state index contributed by atoms with van der Waals surface area (Å²) in [5.41, 5.74) is 0. The van der Waals surface area contributed by atoms with E-state index in [1.54, 1.807) is 0 Å². The Hall–Kier alpha value is -0.690. The van der Waals surface area contributed by atoms with Gasteiger partial charge in [0.1, 0.15) is 12.2 Å². The molecule has 53 heavy (non-hydrogen) atoms. The quantitative estimate of drug-likeness (QED) is 0.0398. The molecule has 0 saturated carbocycles. The molecule has 0 spiro atoms. The predicted octanol–water partition coefficient (Wildman–Crippen LogP) is 12.8. The summed E-state index contributed by atoms with van der Waals surface area (Å²) in [5.74, 6) is -0.580. The number of nitrogens with one attached hydrogen (secondary N) is 1. The maximum atomic E-state index is 12.5. The lowest BCUT2D eigenvalue weighted by Crippen LogP contribution is -2.53. The topological polar surface area (TPSA) is 110 Å². The lowest BCUT2D eigenvalue weighted by atomic mass is 9.99. The lowest BCUT2D eigenvalue weighted by molar-refractivity contribution is -0.132. The van der Waals surface area contributed by atoms with Crippen LogP contribution in [-0.2, 0) is 4.79 Å². The van der Waals surface area contributed by atoms with Crippen LogP contribution in [0.5, 0.6) is 0 Å². The van der Waals surface area contributed by atoms with E-state index in [-0.39, 0.29) is 0 Å². The van der Waals surface area contributed by atoms with Crippen LogP contribution in [0.3, 0.4) is 0 Å². The Balaban J connectivity index is 3.55. The van der Waals surface area contributed by atoms with Gasteiger partial charge in [-0.1, -0.05) is 251 Å². The normalized spacial score (nSPS) is 14.0. The number of rotatable bonds is 44. The van der Waals surface area contributed by atoms with Gasteiger partial charge in [0.15, 0.2) is 0 Å². The van der Waals surface area contributed by atoms with Gasteiger partial charge in [-0.25, -0.2) is 0 Å². The van der Waals surface area contributed by atoms with Crippen LogP contribution in [-0.4, -0.2) is 57.3 Å². The van der Waals surface area contributed by atoms with E-state index in [4.69, 9.17) is 0 Å². The van der Waals surface area contributed by atoms with Gasteiger partial charge in [-0.2, -0.15) is 0 Å². The molecule has 0 aliphatic carbocycles. The molecule has 0 bridgehead atoms. The van der Waals surface area contributed by atoms with E-state index in [0.717, 1.165) is 38.5 Å². The summed E-state index contributed by atoms with van der Waals surface area (Å²) in [6.45, 7) is 4.05. The van der Waals surface area contributed by atoms with Crippen molar-refractivity contribution in [2.24, 2.45) is 0 Å². The van der Waals surface area contributed by atoms with Crippen LogP contribution in [0.1, 0.15) is 264 Å². The molecule has 4 atom stereocenters. The molecular weight excluding hydrogens is 659 g/mol. The van der Waals surface area contributed by atoms with Crippen molar-refractivity contribution in [3.05, 3.63) is 0 Å². The number of carbonyl (C=O) groups is 1. The standard InChI is InChI=1S/C47H95NO5/c1-3-5-7-9-11-13-15-16-17-18-19-20-21-22-23-24-25-26-27-28-29-30-31-33-35-37-39-41-45(51)47(53)48-43(42-49)46(52)44(50)40-38-36-34-32-14-12-10-8-6-4-2/h43-46,49-52H,3-42H2,1-2H3,(H,48,53). The summed E-state index contributed by atoms with van der Waals surface area (Å²) in [6.07, 6.45) is 45.9. The fourth-order valence-electron chi connectivity index (χ4n) is 7.76. The first-order chi connectivity index (χ1) is 26.0. The zero-order chi connectivity index (χ0) is 38.9. The van der Waals surface area contributed by atoms with Crippen molar-refractivity contribution in [3.63, 3.8) is 0 Å². The molecule has 5 N–H and O–H groups in total. The van der Waals surface area contributed by atoms with E-state index in [1.807, 2.05) is 0 Å². The maximum absolute atomic E-state index is 12.5. The molecule has 0 fully saturated rings. The van der Waals surface area contributed by atoms with E-state index < -0.39 is 36.9 Å². The van der Waals surface area contributed by atoms with Crippen LogP contribution >= 0.6 is 0 Å². The van der Waals surface area contributed by atoms with Gasteiger partial charge in [-0.3, -0.25) is 4.79 Å². The van der Waals surface area contributed by atoms with Crippen molar-refractivity contribution in [3.8, 4) is 0 Å². The second kappa shape index (κ2) is 42.5. The molecule has 0 aliphatic rings. The van der Waals surface area contributed by atoms with Gasteiger partial charge in [0.2, 0.25) is 5.91 Å². The summed E-state index contributed by atoms with van der Waals surface area (Å²) in [7, 11) is 0. The minimum absolute atomic E-state index is 0.376. The second-order valence-electron chi connectivity index (χ2n) is 16.8. The molecule has 0 aliphatic heterocycles. The first-order valence-electron chi connectivity index (χ1n) is 23.9. The van der Waals surface area contributed by atoms with Crippen LogP contribution in [0, 0.1) is 0 Å². The van der Waals surface area contributed by atoms with Gasteiger partial charge in [0.05, 0.1) is 18.8 Å². The highest BCUT2D eigenvalue weighted by Crippen LogP contribution is 2.18. The monoisotopic (exact) mass is 754 g/mol. The number of hydrogen-bond acceptors (Lipinski definition) is 5. The van der Waals surface area contributed by atoms with Gasteiger partial charge >= 0.3 is 0 Å². The van der Waals surface area contributed by atoms with Gasteiger partial charge in [-0.15, -0.1) is 0 Å². The molecule has 0 aromatic rings. The number of amides is 1. The number of carbonyl (C=O) groups excluding carboxylic acids is 1. The predicted molar refractivity (Wildman–Crippen MR) is 228 cm³/mol. The average molecular weight is 754 g/mol. The molecule has 0 aromatic carbocycles. The first-order valence-corrected chi connectivity index (χ1v) is 23.9. The zero-order valence-electron chi connectivity index (χ0n) is 35.8. The third-order valence-electron chi connectivity index (χ3n) is 11.6. The Morgan fingerprint density at radius 3 is 0.906 bits per heavy atom. The molecule has 318 valence electrons. The molecule has 1 amide bonds. The van der Waals surface area contributed by atoms with Crippen molar-refractivity contribution in [1.29, 1.82) is 0 Å². The average Bonchev–Trinajstić information content (AvgIpc) is 3.16. The number of unbranched alkanes of at least 4 members (excludes halogenated alkanes) is 35. The van der Waals surface area contributed by atoms with Crippen LogP contribution in [0.25, 0.3) is 0 Å². The summed E-state index contributed by atoms with van der Waals surface area (Å²) in [6, 6.07) is -0.978. The van der Waals surface area contributed by atoms with Crippen molar-refractivity contribution >= 4 is 5.91 Å². The molecule has 0 rings (SSSR count). The van der Waals surface area contributed by atoms with Gasteiger partial charge < -0.3 is 25.7 Å². The highest BCUT2D eigenvalue weighted by molar-refractivity contribution is 5.80. The first kappa shape index (κ1) is 52.3. The third kappa shape index (κ3) is 36.7. The van der Waals surface area contributed by atoms with Gasteiger partial charge in [0.25, 0.3) is 0 Å². The lowest BCUT2D eigenvalue weighted by Gasteiger charge is -2.27. The van der Waals surface area contributed by atoms with Crippen LogP contribution in [0.15, 0.2) is 0 Å². The Labute approximate surface area is 330 Å². The molecule has 0 aromatic heterocycles. The highest BCUT2D eigenvalue weighted by atomic mass is 16.3. The summed E-state index contributed by atoms with van der Waals surface area (Å²) >= 11 is 0. The smallest absolute Gasteiger partial charge is 0.249 e. The molecule has 6 nitrogen and oxygen atoms in total. The molecule has 6 heteroatoms. The van der Waals surface area contributed by atoms with Gasteiger partial charge in [-0.05, 0) is 12.8 Å². The molecular formula is C47H95NO5. The van der Waals surface area contributed by atoms with Gasteiger partial charge in [0, 0.05) is 0 Å². The SMILES string of the molecule is CCCCCCCCCCCCCCCCCCCCCCCCCCCCCC(O)C(=O)NC(CO)C(O)C(O)CCCCCCCCCCCC. The van der Waals surface area contributed by atoms with Crippen molar-refractivity contribution < 1.29 is 25.2 Å². The number of aliphatic hydroxyl groups excluding tert-OH is 4. The summed E-state index contributed by atoms with van der Waals surface area (Å²) in [4.78, 5) is 12.5. The molecule has 0 saturated heterocycles. The molecule has 0 radical (unpaired) electrons. The second-order valence-corrected chi connectivity index (χ2v) is 16.8. The van der Waals surface area contributed by atoms with E-state index in [2.05, 4.69) is 19.2 Å². The van der Waals surface area contributed by atoms with Crippen molar-refractivity contribution in [2.75, 3.05) is 6.61 Å². The van der Waals surface area contributed by atoms with Crippen molar-refractivity contribution in [2.45, 2.75) is 289 Å². The largest absolute Gasteiger partial charge is 0.394 e. The fraction of sp³-hybridized carbons (Fsp3) is 0.979. The molecule has 4 unspecified atom stereocenters. The Bertz CT molecular complexity index is 721. The summed E-state index contributed by atoms with van der Waals surface area (Å²) < 4.78 is 0. The fourth-order valence-corrected chi connectivity index (χ4v) is 7.76. The van der Waals surface area contributed by atoms with E-state index in [1.165, 1.54) is 199 Å². The highest BCUT2D eigenvalue weighted by Gasteiger charge is 2.28. The van der Waals surface area contributed by atoms with Crippen LogP contribution < -0.4 is 5.32 Å². The Morgan fingerprint density at radius 1 is 0.396 bits per heavy atom. The minimum atomic E-state index is -1.25. The minimum Gasteiger partial charge on any atom is -0.394 e. The van der Waals surface area contributed by atoms with Crippen molar-refractivity contribution in [1.82, 2.24) is 5.32 Å².